The highest BCUT2D eigenvalue weighted by molar-refractivity contribution is 5.85. The zero-order valence-electron chi connectivity index (χ0n) is 13.3. The van der Waals surface area contributed by atoms with Crippen molar-refractivity contribution >= 4 is 11.8 Å². The standard InChI is InChI=1S/C19H22N2O2/c1-15-7-9-17(10-8-15)13-18(22)21-14-19(23)20-12-11-16-5-3-2-4-6-16/h2-10H,11-14H2,1H3,(H,20,23)(H,21,22). The number of carbonyl (C=O) groups excluding carboxylic acids is 2. The Hall–Kier alpha value is -2.62. The van der Waals surface area contributed by atoms with Gasteiger partial charge in [0.2, 0.25) is 11.8 Å². The Balaban J connectivity index is 1.63. The first-order valence-electron chi connectivity index (χ1n) is 7.76. The summed E-state index contributed by atoms with van der Waals surface area (Å²) >= 11 is 0. The summed E-state index contributed by atoms with van der Waals surface area (Å²) in [6.07, 6.45) is 1.07. The smallest absolute Gasteiger partial charge is 0.239 e. The van der Waals surface area contributed by atoms with E-state index in [-0.39, 0.29) is 24.8 Å². The van der Waals surface area contributed by atoms with Gasteiger partial charge in [-0.15, -0.1) is 0 Å². The Bertz CT molecular complexity index is 636. The van der Waals surface area contributed by atoms with E-state index in [4.69, 9.17) is 0 Å². The van der Waals surface area contributed by atoms with E-state index in [2.05, 4.69) is 10.6 Å². The molecule has 2 aromatic carbocycles. The molecular formula is C19H22N2O2. The van der Waals surface area contributed by atoms with Gasteiger partial charge in [0.05, 0.1) is 13.0 Å². The molecule has 0 aliphatic carbocycles. The van der Waals surface area contributed by atoms with Gasteiger partial charge in [0.25, 0.3) is 0 Å². The molecule has 0 saturated heterocycles. The van der Waals surface area contributed by atoms with Crippen LogP contribution in [-0.2, 0) is 22.4 Å². The molecule has 0 bridgehead atoms. The first-order valence-corrected chi connectivity index (χ1v) is 7.76. The largest absolute Gasteiger partial charge is 0.354 e. The Kier molecular flexibility index (Phi) is 6.36. The molecule has 0 heterocycles. The highest BCUT2D eigenvalue weighted by atomic mass is 16.2. The highest BCUT2D eigenvalue weighted by Gasteiger charge is 2.06. The van der Waals surface area contributed by atoms with E-state index in [0.29, 0.717) is 6.54 Å². The molecule has 120 valence electrons. The zero-order valence-corrected chi connectivity index (χ0v) is 13.3. The summed E-state index contributed by atoms with van der Waals surface area (Å²) in [5.74, 6) is -0.315. The Morgan fingerprint density at radius 1 is 0.826 bits per heavy atom. The predicted octanol–water partition coefficient (Wildman–Crippen LogP) is 2.01. The Morgan fingerprint density at radius 2 is 1.52 bits per heavy atom. The maximum Gasteiger partial charge on any atom is 0.239 e. The summed E-state index contributed by atoms with van der Waals surface area (Å²) in [6, 6.07) is 17.8. The van der Waals surface area contributed by atoms with Crippen molar-refractivity contribution in [1.29, 1.82) is 0 Å². The first-order chi connectivity index (χ1) is 11.1. The average Bonchev–Trinajstić information content (AvgIpc) is 2.56. The van der Waals surface area contributed by atoms with E-state index >= 15 is 0 Å². The van der Waals surface area contributed by atoms with Crippen LogP contribution in [0, 0.1) is 6.92 Å². The summed E-state index contributed by atoms with van der Waals surface area (Å²) < 4.78 is 0. The summed E-state index contributed by atoms with van der Waals surface area (Å²) in [5.41, 5.74) is 3.28. The summed E-state index contributed by atoms with van der Waals surface area (Å²) in [5, 5.41) is 5.45. The topological polar surface area (TPSA) is 58.2 Å². The monoisotopic (exact) mass is 310 g/mol. The number of aryl methyl sites for hydroxylation is 1. The molecule has 2 rings (SSSR count). The molecule has 4 nitrogen and oxygen atoms in total. The fraction of sp³-hybridized carbons (Fsp3) is 0.263. The minimum absolute atomic E-state index is 0.0134. The van der Waals surface area contributed by atoms with E-state index < -0.39 is 0 Å². The van der Waals surface area contributed by atoms with Crippen molar-refractivity contribution in [2.24, 2.45) is 0 Å². The zero-order chi connectivity index (χ0) is 16.5. The molecule has 0 atom stereocenters. The molecule has 2 aromatic rings. The molecule has 4 heteroatoms. The van der Waals surface area contributed by atoms with Gasteiger partial charge < -0.3 is 10.6 Å². The Labute approximate surface area is 136 Å². The van der Waals surface area contributed by atoms with E-state index in [0.717, 1.165) is 17.5 Å². The van der Waals surface area contributed by atoms with Gasteiger partial charge in [0.1, 0.15) is 0 Å². The molecule has 0 radical (unpaired) electrons. The van der Waals surface area contributed by atoms with Crippen LogP contribution in [-0.4, -0.2) is 24.9 Å². The number of nitrogens with one attached hydrogen (secondary N) is 2. The van der Waals surface area contributed by atoms with E-state index in [1.807, 2.05) is 61.5 Å². The molecule has 0 fully saturated rings. The van der Waals surface area contributed by atoms with Gasteiger partial charge in [-0.25, -0.2) is 0 Å². The lowest BCUT2D eigenvalue weighted by Crippen LogP contribution is -2.38. The normalized spacial score (nSPS) is 10.1. The van der Waals surface area contributed by atoms with Gasteiger partial charge in [-0.05, 0) is 24.5 Å². The lowest BCUT2D eigenvalue weighted by Gasteiger charge is -2.07. The molecule has 0 saturated carbocycles. The van der Waals surface area contributed by atoms with Crippen LogP contribution < -0.4 is 10.6 Å². The summed E-state index contributed by atoms with van der Waals surface area (Å²) in [6.45, 7) is 2.58. The van der Waals surface area contributed by atoms with Crippen molar-refractivity contribution in [3.8, 4) is 0 Å². The van der Waals surface area contributed by atoms with Crippen LogP contribution in [0.1, 0.15) is 16.7 Å². The lowest BCUT2D eigenvalue weighted by atomic mass is 10.1. The van der Waals surface area contributed by atoms with Crippen LogP contribution in [0.4, 0.5) is 0 Å². The predicted molar refractivity (Wildman–Crippen MR) is 91.0 cm³/mol. The molecule has 23 heavy (non-hydrogen) atoms. The third-order valence-corrected chi connectivity index (χ3v) is 3.51. The molecular weight excluding hydrogens is 288 g/mol. The van der Waals surface area contributed by atoms with Gasteiger partial charge >= 0.3 is 0 Å². The number of amides is 2. The van der Waals surface area contributed by atoms with Crippen LogP contribution in [0.15, 0.2) is 54.6 Å². The van der Waals surface area contributed by atoms with E-state index in [1.54, 1.807) is 0 Å². The van der Waals surface area contributed by atoms with Gasteiger partial charge in [-0.3, -0.25) is 9.59 Å². The second-order valence-corrected chi connectivity index (χ2v) is 5.52. The fourth-order valence-corrected chi connectivity index (χ4v) is 2.19. The molecule has 0 unspecified atom stereocenters. The van der Waals surface area contributed by atoms with Gasteiger partial charge in [0, 0.05) is 6.54 Å². The second-order valence-electron chi connectivity index (χ2n) is 5.52. The van der Waals surface area contributed by atoms with Crippen LogP contribution in [0.3, 0.4) is 0 Å². The van der Waals surface area contributed by atoms with Crippen molar-refractivity contribution in [3.05, 3.63) is 71.3 Å². The maximum absolute atomic E-state index is 11.8. The number of carbonyl (C=O) groups is 2. The summed E-state index contributed by atoms with van der Waals surface area (Å²) in [4.78, 5) is 23.5. The van der Waals surface area contributed by atoms with Crippen LogP contribution in [0.5, 0.6) is 0 Å². The average molecular weight is 310 g/mol. The lowest BCUT2D eigenvalue weighted by molar-refractivity contribution is -0.125. The molecule has 2 N–H and O–H groups in total. The Morgan fingerprint density at radius 3 is 2.22 bits per heavy atom. The van der Waals surface area contributed by atoms with Gasteiger partial charge in [0.15, 0.2) is 0 Å². The molecule has 0 spiro atoms. The van der Waals surface area contributed by atoms with Crippen molar-refractivity contribution in [2.75, 3.05) is 13.1 Å². The van der Waals surface area contributed by atoms with Crippen molar-refractivity contribution in [1.82, 2.24) is 10.6 Å². The summed E-state index contributed by atoms with van der Waals surface area (Å²) in [7, 11) is 0. The minimum atomic E-state index is -0.168. The molecule has 0 aliphatic rings. The molecule has 2 amide bonds. The van der Waals surface area contributed by atoms with Crippen LogP contribution in [0.25, 0.3) is 0 Å². The highest BCUT2D eigenvalue weighted by Crippen LogP contribution is 2.03. The van der Waals surface area contributed by atoms with Gasteiger partial charge in [-0.1, -0.05) is 60.2 Å². The third-order valence-electron chi connectivity index (χ3n) is 3.51. The molecule has 0 aromatic heterocycles. The van der Waals surface area contributed by atoms with Crippen molar-refractivity contribution in [2.45, 2.75) is 19.8 Å². The fourth-order valence-electron chi connectivity index (χ4n) is 2.19. The number of rotatable bonds is 7. The SMILES string of the molecule is Cc1ccc(CC(=O)NCC(=O)NCCc2ccccc2)cc1. The van der Waals surface area contributed by atoms with E-state index in [9.17, 15) is 9.59 Å². The van der Waals surface area contributed by atoms with Crippen molar-refractivity contribution in [3.63, 3.8) is 0 Å². The first kappa shape index (κ1) is 16.7. The van der Waals surface area contributed by atoms with E-state index in [1.165, 1.54) is 5.56 Å². The van der Waals surface area contributed by atoms with Crippen LogP contribution >= 0.6 is 0 Å². The maximum atomic E-state index is 11.8. The third kappa shape index (κ3) is 6.34. The number of benzene rings is 2. The van der Waals surface area contributed by atoms with Crippen molar-refractivity contribution < 1.29 is 9.59 Å². The van der Waals surface area contributed by atoms with Crippen LogP contribution in [0.2, 0.25) is 0 Å². The number of hydrogen-bond acceptors (Lipinski definition) is 2. The molecule has 0 aliphatic heterocycles. The number of hydrogen-bond donors (Lipinski definition) is 2. The van der Waals surface area contributed by atoms with Gasteiger partial charge in [-0.2, -0.15) is 0 Å². The quantitative estimate of drug-likeness (QED) is 0.822. The minimum Gasteiger partial charge on any atom is -0.354 e. The second kappa shape index (κ2) is 8.73.